The Labute approximate surface area is 204 Å². The molecule has 0 atom stereocenters. The molecule has 2 aliphatic rings. The molecule has 0 aromatic heterocycles. The molecule has 6 rings (SSSR count). The molecule has 0 fully saturated rings. The molecule has 2 bridgehead atoms. The highest BCUT2D eigenvalue weighted by Crippen LogP contribution is 2.48. The summed E-state index contributed by atoms with van der Waals surface area (Å²) in [5, 5.41) is 0. The molecule has 4 aromatic carbocycles. The summed E-state index contributed by atoms with van der Waals surface area (Å²) in [6.45, 7) is 7.29. The first-order chi connectivity index (χ1) is 16.1. The summed E-state index contributed by atoms with van der Waals surface area (Å²) in [6, 6.07) is 31.0. The normalized spacial score (nSPS) is 14.1. The second-order valence-corrected chi connectivity index (χ2v) is 11.1. The van der Waals surface area contributed by atoms with Crippen molar-refractivity contribution in [1.82, 2.24) is 0 Å². The second kappa shape index (κ2) is 8.51. The van der Waals surface area contributed by atoms with Gasteiger partial charge in [-0.1, -0.05) is 72.1 Å². The molecule has 0 aliphatic carbocycles. The minimum atomic E-state index is 0.941. The predicted octanol–water partition coefficient (Wildman–Crippen LogP) is 7.90. The average Bonchev–Trinajstić information content (AvgIpc) is 2.79. The van der Waals surface area contributed by atoms with E-state index in [1.807, 2.05) is 23.5 Å². The lowest BCUT2D eigenvalue weighted by atomic mass is 9.99. The van der Waals surface area contributed by atoms with Crippen LogP contribution in [0.25, 0.3) is 0 Å². The van der Waals surface area contributed by atoms with Gasteiger partial charge in [-0.2, -0.15) is 0 Å². The van der Waals surface area contributed by atoms with Gasteiger partial charge in [-0.15, -0.1) is 0 Å². The maximum Gasteiger partial charge on any atom is 0.0910 e. The van der Waals surface area contributed by atoms with Crippen LogP contribution in [-0.4, -0.2) is 6.67 Å². The zero-order valence-corrected chi connectivity index (χ0v) is 20.5. The van der Waals surface area contributed by atoms with Crippen molar-refractivity contribution >= 4 is 34.9 Å². The molecule has 0 amide bonds. The summed E-state index contributed by atoms with van der Waals surface area (Å²) in [7, 11) is 0. The number of anilines is 2. The van der Waals surface area contributed by atoms with E-state index >= 15 is 0 Å². The van der Waals surface area contributed by atoms with Gasteiger partial charge in [0.1, 0.15) is 0 Å². The first-order valence-corrected chi connectivity index (χ1v) is 13.0. The van der Waals surface area contributed by atoms with Crippen molar-refractivity contribution < 1.29 is 0 Å². The van der Waals surface area contributed by atoms with Crippen molar-refractivity contribution in [2.45, 2.75) is 46.5 Å². The maximum absolute atomic E-state index is 2.57. The number of fused-ring (bicyclic) bond motifs is 6. The van der Waals surface area contributed by atoms with Gasteiger partial charge in [0.15, 0.2) is 0 Å². The van der Waals surface area contributed by atoms with E-state index in [2.05, 4.69) is 109 Å². The van der Waals surface area contributed by atoms with Gasteiger partial charge in [-0.25, -0.2) is 0 Å². The van der Waals surface area contributed by atoms with E-state index in [4.69, 9.17) is 0 Å². The Morgan fingerprint density at radius 3 is 1.42 bits per heavy atom. The molecular weight excluding hydrogens is 440 g/mol. The quantitative estimate of drug-likeness (QED) is 0.301. The highest BCUT2D eigenvalue weighted by molar-refractivity contribution is 7.99. The van der Waals surface area contributed by atoms with Crippen molar-refractivity contribution in [2.24, 2.45) is 0 Å². The summed E-state index contributed by atoms with van der Waals surface area (Å²) in [5.74, 6) is 0. The molecule has 0 unspecified atom stereocenters. The Balaban J connectivity index is 1.41. The van der Waals surface area contributed by atoms with Crippen LogP contribution in [0.2, 0.25) is 0 Å². The third kappa shape index (κ3) is 4.03. The summed E-state index contributed by atoms with van der Waals surface area (Å²) >= 11 is 3.77. The zero-order chi connectivity index (χ0) is 22.4. The van der Waals surface area contributed by atoms with E-state index in [1.54, 1.807) is 0 Å². The first-order valence-electron chi connectivity index (χ1n) is 11.4. The molecule has 0 saturated carbocycles. The monoisotopic (exact) mass is 466 g/mol. The highest BCUT2D eigenvalue weighted by Gasteiger charge is 2.33. The lowest BCUT2D eigenvalue weighted by molar-refractivity contribution is 0.638. The van der Waals surface area contributed by atoms with Gasteiger partial charge in [-0.3, -0.25) is 0 Å². The fourth-order valence-corrected chi connectivity index (χ4v) is 7.30. The Kier molecular flexibility index (Phi) is 5.35. The van der Waals surface area contributed by atoms with E-state index in [9.17, 15) is 0 Å². The largest absolute Gasteiger partial charge is 0.348 e. The molecule has 2 heterocycles. The summed E-state index contributed by atoms with van der Waals surface area (Å²) in [6.07, 6.45) is 0. The predicted molar refractivity (Wildman–Crippen MR) is 141 cm³/mol. The first kappa shape index (κ1) is 20.8. The SMILES string of the molecule is Cc1cc2c(c(Sc3ccccc3)c1)N1Cc3cc(C)cc(Sc4ccccc4)c3N(C2)C1. The summed E-state index contributed by atoms with van der Waals surface area (Å²) < 4.78 is 0. The number of benzene rings is 4. The Bertz CT molecular complexity index is 1220. The van der Waals surface area contributed by atoms with Crippen molar-refractivity contribution in [1.29, 1.82) is 0 Å². The Morgan fingerprint density at radius 2 is 1.00 bits per heavy atom. The van der Waals surface area contributed by atoms with Gasteiger partial charge in [0.05, 0.1) is 18.0 Å². The Hall–Kier alpha value is -2.82. The van der Waals surface area contributed by atoms with E-state index in [-0.39, 0.29) is 0 Å². The van der Waals surface area contributed by atoms with Crippen LogP contribution in [0.5, 0.6) is 0 Å². The van der Waals surface area contributed by atoms with Crippen LogP contribution in [0.15, 0.2) is 105 Å². The Morgan fingerprint density at radius 1 is 0.576 bits per heavy atom. The molecule has 0 N–H and O–H groups in total. The summed E-state index contributed by atoms with van der Waals surface area (Å²) in [5.41, 5.74) is 8.35. The summed E-state index contributed by atoms with van der Waals surface area (Å²) in [4.78, 5) is 10.5. The van der Waals surface area contributed by atoms with Crippen LogP contribution >= 0.6 is 23.5 Å². The third-order valence-corrected chi connectivity index (χ3v) is 8.31. The minimum absolute atomic E-state index is 0.941. The van der Waals surface area contributed by atoms with Crippen LogP contribution in [0.4, 0.5) is 11.4 Å². The van der Waals surface area contributed by atoms with E-state index < -0.39 is 0 Å². The number of hydrogen-bond donors (Lipinski definition) is 0. The van der Waals surface area contributed by atoms with Crippen LogP contribution < -0.4 is 9.80 Å². The van der Waals surface area contributed by atoms with Crippen molar-refractivity contribution in [2.75, 3.05) is 16.5 Å². The molecule has 164 valence electrons. The lowest BCUT2D eigenvalue weighted by Gasteiger charge is -2.46. The van der Waals surface area contributed by atoms with Crippen molar-refractivity contribution in [3.05, 3.63) is 107 Å². The molecule has 4 aromatic rings. The number of nitrogens with zero attached hydrogens (tertiary/aromatic N) is 2. The third-order valence-electron chi connectivity index (χ3n) is 6.23. The van der Waals surface area contributed by atoms with Gasteiger partial charge >= 0.3 is 0 Å². The molecule has 2 aliphatic heterocycles. The van der Waals surface area contributed by atoms with E-state index in [1.165, 1.54) is 53.2 Å². The van der Waals surface area contributed by atoms with Gasteiger partial charge in [0, 0.05) is 32.7 Å². The fraction of sp³-hybridized carbons (Fsp3) is 0.172. The van der Waals surface area contributed by atoms with E-state index in [0.717, 1.165) is 19.8 Å². The van der Waals surface area contributed by atoms with Crippen molar-refractivity contribution in [3.8, 4) is 0 Å². The van der Waals surface area contributed by atoms with Gasteiger partial charge < -0.3 is 9.80 Å². The van der Waals surface area contributed by atoms with Gasteiger partial charge in [0.2, 0.25) is 0 Å². The molecule has 0 spiro atoms. The maximum atomic E-state index is 2.57. The minimum Gasteiger partial charge on any atom is -0.348 e. The van der Waals surface area contributed by atoms with E-state index in [0.29, 0.717) is 0 Å². The van der Waals surface area contributed by atoms with Crippen LogP contribution in [-0.2, 0) is 13.1 Å². The van der Waals surface area contributed by atoms with Crippen LogP contribution in [0.3, 0.4) is 0 Å². The van der Waals surface area contributed by atoms with Gasteiger partial charge in [0.25, 0.3) is 0 Å². The molecule has 4 heteroatoms. The molecule has 0 saturated heterocycles. The van der Waals surface area contributed by atoms with Gasteiger partial charge in [-0.05, 0) is 72.5 Å². The smallest absolute Gasteiger partial charge is 0.0910 e. The van der Waals surface area contributed by atoms with Crippen molar-refractivity contribution in [3.63, 3.8) is 0 Å². The molecule has 0 radical (unpaired) electrons. The van der Waals surface area contributed by atoms with Crippen LogP contribution in [0, 0.1) is 13.8 Å². The second-order valence-electron chi connectivity index (χ2n) is 8.91. The van der Waals surface area contributed by atoms with Crippen LogP contribution in [0.1, 0.15) is 22.3 Å². The number of hydrogen-bond acceptors (Lipinski definition) is 4. The standard InChI is InChI=1S/C29H26N2S2/c1-20-13-22-17-30-19-31(28(22)26(15-20)32-24-9-5-3-6-10-24)18-23-14-21(2)16-27(29(23)30)33-25-11-7-4-8-12-25/h3-16H,17-19H2,1-2H3. The molecule has 2 nitrogen and oxygen atoms in total. The number of aryl methyl sites for hydroxylation is 2. The topological polar surface area (TPSA) is 6.48 Å². The average molecular weight is 467 g/mol. The fourth-order valence-electron chi connectivity index (χ4n) is 5.00. The molecular formula is C29H26N2S2. The lowest BCUT2D eigenvalue weighted by Crippen LogP contribution is -2.46. The molecule has 33 heavy (non-hydrogen) atoms. The number of rotatable bonds is 4. The highest BCUT2D eigenvalue weighted by atomic mass is 32.2. The zero-order valence-electron chi connectivity index (χ0n) is 18.9.